The van der Waals surface area contributed by atoms with E-state index in [9.17, 15) is 4.79 Å². The summed E-state index contributed by atoms with van der Waals surface area (Å²) in [4.78, 5) is 13.8. The van der Waals surface area contributed by atoms with Crippen LogP contribution in [-0.2, 0) is 4.79 Å². The molecule has 0 aliphatic heterocycles. The Balaban J connectivity index is 2.45. The second kappa shape index (κ2) is 7.95. The van der Waals surface area contributed by atoms with Gasteiger partial charge in [-0.05, 0) is 25.7 Å². The standard InChI is InChI=1S/C13H25N3O2/c1-2-16(10-12(14)15-18)13(17)9-11-7-5-3-4-6-8-11/h11,18H,2-10H2,1H3,(H2,14,15). The normalized spacial score (nSPS) is 18.4. The number of carbonyl (C=O) groups is 1. The van der Waals surface area contributed by atoms with E-state index in [-0.39, 0.29) is 18.3 Å². The van der Waals surface area contributed by atoms with Crippen molar-refractivity contribution in [1.82, 2.24) is 4.90 Å². The van der Waals surface area contributed by atoms with Gasteiger partial charge in [-0.1, -0.05) is 30.8 Å². The van der Waals surface area contributed by atoms with Crippen molar-refractivity contribution < 1.29 is 10.0 Å². The molecule has 5 nitrogen and oxygen atoms in total. The zero-order chi connectivity index (χ0) is 13.4. The number of nitrogens with two attached hydrogens (primary N) is 1. The smallest absolute Gasteiger partial charge is 0.223 e. The lowest BCUT2D eigenvalue weighted by molar-refractivity contribution is -0.131. The molecule has 0 aromatic heterocycles. The van der Waals surface area contributed by atoms with E-state index in [2.05, 4.69) is 5.16 Å². The van der Waals surface area contributed by atoms with Crippen molar-refractivity contribution in [1.29, 1.82) is 0 Å². The largest absolute Gasteiger partial charge is 0.409 e. The lowest BCUT2D eigenvalue weighted by atomic mass is 9.96. The summed E-state index contributed by atoms with van der Waals surface area (Å²) in [5.41, 5.74) is 5.45. The lowest BCUT2D eigenvalue weighted by Gasteiger charge is -2.22. The van der Waals surface area contributed by atoms with Crippen LogP contribution in [0, 0.1) is 5.92 Å². The van der Waals surface area contributed by atoms with Gasteiger partial charge in [0.1, 0.15) is 0 Å². The summed E-state index contributed by atoms with van der Waals surface area (Å²) in [5, 5.41) is 11.5. The first kappa shape index (κ1) is 14.8. The fourth-order valence-corrected chi connectivity index (χ4v) is 2.55. The van der Waals surface area contributed by atoms with Crippen LogP contribution in [0.15, 0.2) is 5.16 Å². The highest BCUT2D eigenvalue weighted by atomic mass is 16.4. The summed E-state index contributed by atoms with van der Waals surface area (Å²) in [6.07, 6.45) is 8.00. The highest BCUT2D eigenvalue weighted by Gasteiger charge is 2.20. The monoisotopic (exact) mass is 255 g/mol. The van der Waals surface area contributed by atoms with E-state index in [1.807, 2.05) is 6.92 Å². The second-order valence-corrected chi connectivity index (χ2v) is 5.06. The van der Waals surface area contributed by atoms with Crippen molar-refractivity contribution in [2.24, 2.45) is 16.8 Å². The van der Waals surface area contributed by atoms with Gasteiger partial charge in [-0.3, -0.25) is 4.79 Å². The topological polar surface area (TPSA) is 78.9 Å². The van der Waals surface area contributed by atoms with Gasteiger partial charge in [-0.25, -0.2) is 0 Å². The molecule has 0 heterocycles. The highest BCUT2D eigenvalue weighted by Crippen LogP contribution is 2.25. The number of hydrogen-bond donors (Lipinski definition) is 2. The van der Waals surface area contributed by atoms with Gasteiger partial charge in [0.25, 0.3) is 0 Å². The molecule has 0 unspecified atom stereocenters. The number of rotatable bonds is 5. The maximum absolute atomic E-state index is 12.1. The zero-order valence-corrected chi connectivity index (χ0v) is 11.3. The van der Waals surface area contributed by atoms with Crippen molar-refractivity contribution in [3.05, 3.63) is 0 Å². The van der Waals surface area contributed by atoms with Crippen LogP contribution >= 0.6 is 0 Å². The Morgan fingerprint density at radius 2 is 1.94 bits per heavy atom. The van der Waals surface area contributed by atoms with Crippen molar-refractivity contribution in [2.45, 2.75) is 51.9 Å². The van der Waals surface area contributed by atoms with E-state index in [0.717, 1.165) is 12.8 Å². The Labute approximate surface area is 109 Å². The Morgan fingerprint density at radius 1 is 1.33 bits per heavy atom. The summed E-state index contributed by atoms with van der Waals surface area (Å²) in [6, 6.07) is 0. The molecular formula is C13H25N3O2. The predicted molar refractivity (Wildman–Crippen MR) is 71.5 cm³/mol. The van der Waals surface area contributed by atoms with Crippen LogP contribution in [0.1, 0.15) is 51.9 Å². The van der Waals surface area contributed by atoms with E-state index < -0.39 is 0 Å². The maximum Gasteiger partial charge on any atom is 0.223 e. The number of carbonyl (C=O) groups excluding carboxylic acids is 1. The van der Waals surface area contributed by atoms with Crippen LogP contribution in [0.25, 0.3) is 0 Å². The Kier molecular flexibility index (Phi) is 6.54. The molecule has 1 aliphatic rings. The van der Waals surface area contributed by atoms with Gasteiger partial charge < -0.3 is 15.8 Å². The molecule has 0 bridgehead atoms. The molecule has 0 atom stereocenters. The lowest BCUT2D eigenvalue weighted by Crippen LogP contribution is -2.39. The fraction of sp³-hybridized carbons (Fsp3) is 0.846. The molecule has 0 saturated heterocycles. The van der Waals surface area contributed by atoms with Crippen LogP contribution in [-0.4, -0.2) is 34.9 Å². The molecule has 0 aromatic rings. The van der Waals surface area contributed by atoms with E-state index in [4.69, 9.17) is 10.9 Å². The van der Waals surface area contributed by atoms with Gasteiger partial charge in [0.15, 0.2) is 5.84 Å². The second-order valence-electron chi connectivity index (χ2n) is 5.06. The highest BCUT2D eigenvalue weighted by molar-refractivity contribution is 5.86. The Bertz CT molecular complexity index is 284. The zero-order valence-electron chi connectivity index (χ0n) is 11.3. The van der Waals surface area contributed by atoms with Crippen LogP contribution in [0.5, 0.6) is 0 Å². The molecule has 0 aromatic carbocycles. The summed E-state index contributed by atoms with van der Waals surface area (Å²) in [7, 11) is 0. The summed E-state index contributed by atoms with van der Waals surface area (Å²) in [6.45, 7) is 2.73. The molecule has 1 amide bonds. The molecule has 1 rings (SSSR count). The number of nitrogens with zero attached hydrogens (tertiary/aromatic N) is 2. The minimum Gasteiger partial charge on any atom is -0.409 e. The third-order valence-corrected chi connectivity index (χ3v) is 3.65. The van der Waals surface area contributed by atoms with Crippen molar-refractivity contribution in [2.75, 3.05) is 13.1 Å². The minimum absolute atomic E-state index is 0.0890. The first-order valence-corrected chi connectivity index (χ1v) is 6.91. The van der Waals surface area contributed by atoms with E-state index in [0.29, 0.717) is 18.9 Å². The molecular weight excluding hydrogens is 230 g/mol. The van der Waals surface area contributed by atoms with E-state index in [1.54, 1.807) is 4.90 Å². The average Bonchev–Trinajstić information content (AvgIpc) is 2.64. The maximum atomic E-state index is 12.1. The number of hydrogen-bond acceptors (Lipinski definition) is 3. The molecule has 1 fully saturated rings. The van der Waals surface area contributed by atoms with Crippen LogP contribution < -0.4 is 5.73 Å². The number of likely N-dealkylation sites (N-methyl/N-ethyl adjacent to an activating group) is 1. The summed E-state index contributed by atoms with van der Waals surface area (Å²) < 4.78 is 0. The van der Waals surface area contributed by atoms with E-state index >= 15 is 0 Å². The molecule has 3 N–H and O–H groups in total. The van der Waals surface area contributed by atoms with Crippen molar-refractivity contribution >= 4 is 11.7 Å². The summed E-state index contributed by atoms with van der Waals surface area (Å²) in [5.74, 6) is 0.725. The number of amides is 1. The molecule has 0 spiro atoms. The molecule has 0 radical (unpaired) electrons. The number of amidine groups is 1. The Morgan fingerprint density at radius 3 is 2.44 bits per heavy atom. The third-order valence-electron chi connectivity index (χ3n) is 3.65. The van der Waals surface area contributed by atoms with E-state index in [1.165, 1.54) is 25.7 Å². The number of oxime groups is 1. The molecule has 1 aliphatic carbocycles. The van der Waals surface area contributed by atoms with Gasteiger partial charge in [-0.15, -0.1) is 0 Å². The first-order valence-electron chi connectivity index (χ1n) is 6.91. The molecule has 1 saturated carbocycles. The van der Waals surface area contributed by atoms with Crippen molar-refractivity contribution in [3.8, 4) is 0 Å². The van der Waals surface area contributed by atoms with Crippen LogP contribution in [0.4, 0.5) is 0 Å². The summed E-state index contributed by atoms with van der Waals surface area (Å²) >= 11 is 0. The predicted octanol–water partition coefficient (Wildman–Crippen LogP) is 1.94. The van der Waals surface area contributed by atoms with Gasteiger partial charge >= 0.3 is 0 Å². The molecule has 18 heavy (non-hydrogen) atoms. The van der Waals surface area contributed by atoms with Crippen molar-refractivity contribution in [3.63, 3.8) is 0 Å². The third kappa shape index (κ3) is 4.94. The van der Waals surface area contributed by atoms with Crippen LogP contribution in [0.2, 0.25) is 0 Å². The first-order chi connectivity index (χ1) is 8.67. The quantitative estimate of drug-likeness (QED) is 0.259. The molecule has 104 valence electrons. The van der Waals surface area contributed by atoms with Gasteiger partial charge in [0.2, 0.25) is 5.91 Å². The minimum atomic E-state index is 0.0890. The average molecular weight is 255 g/mol. The van der Waals surface area contributed by atoms with Gasteiger partial charge in [0.05, 0.1) is 6.54 Å². The Hall–Kier alpha value is -1.26. The SMILES string of the molecule is CCN(CC(N)=NO)C(=O)CC1CCCCCC1. The molecule has 5 heteroatoms. The van der Waals surface area contributed by atoms with Gasteiger partial charge in [0, 0.05) is 13.0 Å². The fourth-order valence-electron chi connectivity index (χ4n) is 2.55. The van der Waals surface area contributed by atoms with Gasteiger partial charge in [-0.2, -0.15) is 0 Å². The van der Waals surface area contributed by atoms with Crippen LogP contribution in [0.3, 0.4) is 0 Å².